The summed E-state index contributed by atoms with van der Waals surface area (Å²) >= 11 is 11.6. The van der Waals surface area contributed by atoms with Crippen LogP contribution in [0.2, 0.25) is 10.0 Å². The van der Waals surface area contributed by atoms with Crippen LogP contribution in [0.5, 0.6) is 0 Å². The molecule has 2 N–H and O–H groups in total. The highest BCUT2D eigenvalue weighted by molar-refractivity contribution is 7.89. The van der Waals surface area contributed by atoms with Crippen molar-refractivity contribution in [3.63, 3.8) is 0 Å². The van der Waals surface area contributed by atoms with Crippen LogP contribution in [0, 0.1) is 0 Å². The third-order valence-electron chi connectivity index (χ3n) is 3.63. The molecule has 2 aromatic rings. The Labute approximate surface area is 167 Å². The van der Waals surface area contributed by atoms with E-state index in [-0.39, 0.29) is 39.6 Å². The zero-order valence-corrected chi connectivity index (χ0v) is 16.8. The fraction of sp³-hybridized carbons (Fsp3) is 0.222. The van der Waals surface area contributed by atoms with E-state index in [1.807, 2.05) is 0 Å². The molecule has 0 unspecified atom stereocenters. The molecule has 6 nitrogen and oxygen atoms in total. The lowest BCUT2D eigenvalue weighted by Crippen LogP contribution is -2.25. The summed E-state index contributed by atoms with van der Waals surface area (Å²) < 4.78 is 26.8. The number of benzene rings is 2. The molecule has 0 radical (unpaired) electrons. The quantitative estimate of drug-likeness (QED) is 0.492. The van der Waals surface area contributed by atoms with Gasteiger partial charge in [-0.3, -0.25) is 9.59 Å². The molecule has 0 aliphatic carbocycles. The number of halogens is 2. The van der Waals surface area contributed by atoms with Gasteiger partial charge < -0.3 is 5.32 Å². The van der Waals surface area contributed by atoms with Gasteiger partial charge in [0.05, 0.1) is 14.9 Å². The number of Topliss-reactive ketones (excluding diaryl/α,β-unsaturated/α-hetero) is 1. The van der Waals surface area contributed by atoms with Crippen LogP contribution in [0.3, 0.4) is 0 Å². The molecule has 2 rings (SSSR count). The molecule has 0 spiro atoms. The van der Waals surface area contributed by atoms with E-state index in [1.54, 1.807) is 24.3 Å². The summed E-state index contributed by atoms with van der Waals surface area (Å²) in [7, 11) is -3.73. The maximum Gasteiger partial charge on any atom is 0.240 e. The van der Waals surface area contributed by atoms with Gasteiger partial charge in [0.25, 0.3) is 0 Å². The van der Waals surface area contributed by atoms with Gasteiger partial charge >= 0.3 is 0 Å². The Bertz CT molecular complexity index is 962. The normalized spacial score (nSPS) is 11.2. The molecule has 0 fully saturated rings. The monoisotopic (exact) mass is 428 g/mol. The van der Waals surface area contributed by atoms with Crippen molar-refractivity contribution < 1.29 is 18.0 Å². The standard InChI is InChI=1S/C18H18Cl2N2O4S/c1-12(23)13-4-2-5-14(10-13)22-18(24)6-3-9-21-27(25,26)15-7-8-16(19)17(20)11-15/h2,4-5,7-8,10-11,21H,3,6,9H2,1H3,(H,22,24). The second kappa shape index (κ2) is 9.32. The van der Waals surface area contributed by atoms with Crippen LogP contribution in [-0.2, 0) is 14.8 Å². The summed E-state index contributed by atoms with van der Waals surface area (Å²) in [5.41, 5.74) is 1.02. The van der Waals surface area contributed by atoms with Crippen molar-refractivity contribution in [3.05, 3.63) is 58.1 Å². The van der Waals surface area contributed by atoms with Crippen molar-refractivity contribution in [1.29, 1.82) is 0 Å². The molecular weight excluding hydrogens is 411 g/mol. The number of anilines is 1. The van der Waals surface area contributed by atoms with E-state index in [1.165, 1.54) is 25.1 Å². The van der Waals surface area contributed by atoms with Crippen LogP contribution < -0.4 is 10.0 Å². The molecule has 9 heteroatoms. The van der Waals surface area contributed by atoms with Crippen molar-refractivity contribution in [2.24, 2.45) is 0 Å². The minimum Gasteiger partial charge on any atom is -0.326 e. The van der Waals surface area contributed by atoms with E-state index in [4.69, 9.17) is 23.2 Å². The molecule has 0 heterocycles. The van der Waals surface area contributed by atoms with Crippen LogP contribution in [-0.4, -0.2) is 26.7 Å². The van der Waals surface area contributed by atoms with Crippen LogP contribution in [0.25, 0.3) is 0 Å². The Morgan fingerprint density at radius 1 is 1.04 bits per heavy atom. The smallest absolute Gasteiger partial charge is 0.240 e. The first-order chi connectivity index (χ1) is 12.7. The van der Waals surface area contributed by atoms with Crippen LogP contribution in [0.15, 0.2) is 47.4 Å². The van der Waals surface area contributed by atoms with Crippen molar-refractivity contribution in [1.82, 2.24) is 4.72 Å². The molecule has 2 aromatic carbocycles. The van der Waals surface area contributed by atoms with Gasteiger partial charge in [0.2, 0.25) is 15.9 Å². The summed E-state index contributed by atoms with van der Waals surface area (Å²) in [5.74, 6) is -0.368. The third kappa shape index (κ3) is 6.32. The fourth-order valence-corrected chi connectivity index (χ4v) is 3.68. The summed E-state index contributed by atoms with van der Waals surface area (Å²) in [6.45, 7) is 1.53. The number of hydrogen-bond acceptors (Lipinski definition) is 4. The third-order valence-corrected chi connectivity index (χ3v) is 5.82. The highest BCUT2D eigenvalue weighted by Crippen LogP contribution is 2.24. The van der Waals surface area contributed by atoms with E-state index in [0.717, 1.165) is 0 Å². The largest absolute Gasteiger partial charge is 0.326 e. The van der Waals surface area contributed by atoms with Crippen molar-refractivity contribution in [2.45, 2.75) is 24.7 Å². The molecular formula is C18H18Cl2N2O4S. The number of ketones is 1. The average Bonchev–Trinajstić information content (AvgIpc) is 2.61. The highest BCUT2D eigenvalue weighted by atomic mass is 35.5. The van der Waals surface area contributed by atoms with Gasteiger partial charge in [-0.2, -0.15) is 0 Å². The first-order valence-corrected chi connectivity index (χ1v) is 10.3. The van der Waals surface area contributed by atoms with E-state index in [0.29, 0.717) is 17.7 Å². The predicted octanol–water partition coefficient (Wildman–Crippen LogP) is 3.89. The van der Waals surface area contributed by atoms with Gasteiger partial charge in [0.1, 0.15) is 0 Å². The molecule has 27 heavy (non-hydrogen) atoms. The second-order valence-electron chi connectivity index (χ2n) is 5.76. The van der Waals surface area contributed by atoms with Crippen molar-refractivity contribution >= 4 is 50.6 Å². The molecule has 1 amide bonds. The van der Waals surface area contributed by atoms with Gasteiger partial charge in [0.15, 0.2) is 5.78 Å². The minimum absolute atomic E-state index is 0.00222. The predicted molar refractivity (Wildman–Crippen MR) is 106 cm³/mol. The maximum atomic E-state index is 12.2. The second-order valence-corrected chi connectivity index (χ2v) is 8.34. The van der Waals surface area contributed by atoms with Gasteiger partial charge in [-0.05, 0) is 43.7 Å². The lowest BCUT2D eigenvalue weighted by Gasteiger charge is -2.08. The molecule has 0 aromatic heterocycles. The Morgan fingerprint density at radius 3 is 2.44 bits per heavy atom. The molecule has 0 saturated heterocycles. The van der Waals surface area contributed by atoms with E-state index in [9.17, 15) is 18.0 Å². The van der Waals surface area contributed by atoms with E-state index < -0.39 is 10.0 Å². The molecule has 0 saturated carbocycles. The zero-order chi connectivity index (χ0) is 20.0. The average molecular weight is 429 g/mol. The topological polar surface area (TPSA) is 92.3 Å². The van der Waals surface area contributed by atoms with Crippen LogP contribution in [0.4, 0.5) is 5.69 Å². The molecule has 0 aliphatic rings. The first kappa shape index (κ1) is 21.4. The maximum absolute atomic E-state index is 12.2. The number of nitrogens with one attached hydrogen (secondary N) is 2. The number of carbonyl (C=O) groups excluding carboxylic acids is 2. The number of amides is 1. The van der Waals surface area contributed by atoms with Crippen molar-refractivity contribution in [2.75, 3.05) is 11.9 Å². The summed E-state index contributed by atoms with van der Waals surface area (Å²) in [5, 5.41) is 3.09. The van der Waals surface area contributed by atoms with Gasteiger partial charge in [-0.15, -0.1) is 0 Å². The first-order valence-electron chi connectivity index (χ1n) is 8.04. The minimum atomic E-state index is -3.73. The Hall–Kier alpha value is -1.93. The number of hydrogen-bond donors (Lipinski definition) is 2. The van der Waals surface area contributed by atoms with Gasteiger partial charge in [-0.25, -0.2) is 13.1 Å². The molecule has 0 bridgehead atoms. The lowest BCUT2D eigenvalue weighted by molar-refractivity contribution is -0.116. The Morgan fingerprint density at radius 2 is 1.78 bits per heavy atom. The van der Waals surface area contributed by atoms with Crippen LogP contribution >= 0.6 is 23.2 Å². The van der Waals surface area contributed by atoms with E-state index >= 15 is 0 Å². The molecule has 0 aliphatic heterocycles. The van der Waals surface area contributed by atoms with Gasteiger partial charge in [0, 0.05) is 24.2 Å². The SMILES string of the molecule is CC(=O)c1cccc(NC(=O)CCCNS(=O)(=O)c2ccc(Cl)c(Cl)c2)c1. The highest BCUT2D eigenvalue weighted by Gasteiger charge is 2.15. The number of carbonyl (C=O) groups is 2. The summed E-state index contributed by atoms with van der Waals surface area (Å²) in [4.78, 5) is 23.3. The summed E-state index contributed by atoms with van der Waals surface area (Å²) in [6.07, 6.45) is 0.424. The number of rotatable bonds is 8. The van der Waals surface area contributed by atoms with Crippen LogP contribution in [0.1, 0.15) is 30.1 Å². The van der Waals surface area contributed by atoms with Crippen molar-refractivity contribution in [3.8, 4) is 0 Å². The number of sulfonamides is 1. The Balaban J connectivity index is 1.83. The molecule has 0 atom stereocenters. The molecule has 144 valence electrons. The van der Waals surface area contributed by atoms with Gasteiger partial charge in [-0.1, -0.05) is 35.3 Å². The lowest BCUT2D eigenvalue weighted by atomic mass is 10.1. The fourth-order valence-electron chi connectivity index (χ4n) is 2.22. The zero-order valence-electron chi connectivity index (χ0n) is 14.5. The Kier molecular flexibility index (Phi) is 7.38. The van der Waals surface area contributed by atoms with E-state index in [2.05, 4.69) is 10.0 Å². The summed E-state index contributed by atoms with van der Waals surface area (Å²) in [6, 6.07) is 10.6.